The van der Waals surface area contributed by atoms with Gasteiger partial charge in [0.1, 0.15) is 6.26 Å². The van der Waals surface area contributed by atoms with Gasteiger partial charge in [0.25, 0.3) is 0 Å². The monoisotopic (exact) mass is 472 g/mol. The fraction of sp³-hybridized carbons (Fsp3) is 0.444. The van der Waals surface area contributed by atoms with Crippen LogP contribution in [0.25, 0.3) is 11.5 Å². The van der Waals surface area contributed by atoms with Crippen molar-refractivity contribution in [1.29, 1.82) is 0 Å². The summed E-state index contributed by atoms with van der Waals surface area (Å²) in [5.41, 5.74) is 3.09. The molecule has 2 heterocycles. The largest absolute Gasteiger partial charge is 0.444 e. The van der Waals surface area contributed by atoms with Crippen LogP contribution >= 0.6 is 35.7 Å². The van der Waals surface area contributed by atoms with E-state index in [9.17, 15) is 0 Å². The average molecular weight is 472 g/mol. The van der Waals surface area contributed by atoms with Gasteiger partial charge < -0.3 is 15.1 Å². The molecule has 3 rings (SSSR count). The molecule has 7 heteroatoms. The lowest BCUT2D eigenvalue weighted by atomic mass is 10.1. The van der Waals surface area contributed by atoms with Crippen molar-refractivity contribution < 1.29 is 4.42 Å². The van der Waals surface area contributed by atoms with E-state index in [1.54, 1.807) is 13.3 Å². The first kappa shape index (κ1) is 20.1. The topological polar surface area (TPSA) is 62.5 Å². The predicted octanol–water partition coefficient (Wildman–Crippen LogP) is 3.83. The number of oxazole rings is 1. The first-order chi connectivity index (χ1) is 11.7. The maximum Gasteiger partial charge on any atom is 0.226 e. The Hall–Kier alpha value is -1.22. The standard InChI is InChI=1S/C18H24N4OS.HI/c1-13-5-7-14(8-6-13)17-21-16(11-23-17)10-20-18(19-2)22-15-4-3-9-24-12-15;/h5-8,11,15H,3-4,9-10,12H2,1-2H3,(H2,19,20,22);1H. The molecule has 0 aliphatic carbocycles. The highest BCUT2D eigenvalue weighted by atomic mass is 127. The third-order valence-electron chi connectivity index (χ3n) is 4.01. The van der Waals surface area contributed by atoms with Gasteiger partial charge in [-0.2, -0.15) is 11.8 Å². The summed E-state index contributed by atoms with van der Waals surface area (Å²) in [6.45, 7) is 2.66. The quantitative estimate of drug-likeness (QED) is 0.403. The second-order valence-corrected chi connectivity index (χ2v) is 7.14. The van der Waals surface area contributed by atoms with Gasteiger partial charge in [0.15, 0.2) is 5.96 Å². The molecule has 1 aromatic carbocycles. The highest BCUT2D eigenvalue weighted by molar-refractivity contribution is 14.0. The van der Waals surface area contributed by atoms with Crippen molar-refractivity contribution in [2.24, 2.45) is 4.99 Å². The van der Waals surface area contributed by atoms with Gasteiger partial charge in [-0.05, 0) is 37.7 Å². The minimum Gasteiger partial charge on any atom is -0.444 e. The molecule has 25 heavy (non-hydrogen) atoms. The number of halogens is 1. The highest BCUT2D eigenvalue weighted by Crippen LogP contribution is 2.19. The van der Waals surface area contributed by atoms with E-state index in [-0.39, 0.29) is 24.0 Å². The van der Waals surface area contributed by atoms with Crippen LogP contribution in [0.15, 0.2) is 39.9 Å². The number of nitrogens with zero attached hydrogens (tertiary/aromatic N) is 2. The number of aliphatic imine (C=N–C) groups is 1. The average Bonchev–Trinajstić information content (AvgIpc) is 3.09. The van der Waals surface area contributed by atoms with Gasteiger partial charge in [0, 0.05) is 24.4 Å². The number of rotatable bonds is 4. The minimum absolute atomic E-state index is 0. The van der Waals surface area contributed by atoms with Crippen LogP contribution < -0.4 is 10.6 Å². The Morgan fingerprint density at radius 3 is 2.84 bits per heavy atom. The third-order valence-corrected chi connectivity index (χ3v) is 5.23. The second-order valence-electron chi connectivity index (χ2n) is 5.99. The number of hydrogen-bond donors (Lipinski definition) is 2. The molecule has 0 saturated carbocycles. The number of thioether (sulfide) groups is 1. The summed E-state index contributed by atoms with van der Waals surface area (Å²) < 4.78 is 5.59. The molecule has 0 amide bonds. The summed E-state index contributed by atoms with van der Waals surface area (Å²) in [5, 5.41) is 6.79. The minimum atomic E-state index is 0. The molecule has 136 valence electrons. The molecule has 0 bridgehead atoms. The number of hydrogen-bond acceptors (Lipinski definition) is 4. The lowest BCUT2D eigenvalue weighted by Gasteiger charge is -2.24. The molecule has 1 aliphatic rings. The fourth-order valence-electron chi connectivity index (χ4n) is 2.63. The molecular weight excluding hydrogens is 447 g/mol. The molecule has 0 spiro atoms. The third kappa shape index (κ3) is 5.91. The Morgan fingerprint density at radius 2 is 2.16 bits per heavy atom. The van der Waals surface area contributed by atoms with Crippen LogP contribution in [0.4, 0.5) is 0 Å². The van der Waals surface area contributed by atoms with E-state index in [4.69, 9.17) is 4.42 Å². The van der Waals surface area contributed by atoms with Crippen LogP contribution in [-0.4, -0.2) is 35.5 Å². The van der Waals surface area contributed by atoms with Gasteiger partial charge in [-0.15, -0.1) is 24.0 Å². The van der Waals surface area contributed by atoms with Crippen molar-refractivity contribution in [3.8, 4) is 11.5 Å². The fourth-order valence-corrected chi connectivity index (χ4v) is 3.71. The van der Waals surface area contributed by atoms with Crippen molar-refractivity contribution in [3.63, 3.8) is 0 Å². The summed E-state index contributed by atoms with van der Waals surface area (Å²) in [5.74, 6) is 3.88. The van der Waals surface area contributed by atoms with Gasteiger partial charge in [-0.3, -0.25) is 4.99 Å². The molecule has 2 aromatic rings. The lowest BCUT2D eigenvalue weighted by Crippen LogP contribution is -2.45. The molecule has 0 radical (unpaired) electrons. The Morgan fingerprint density at radius 1 is 1.36 bits per heavy atom. The van der Waals surface area contributed by atoms with Crippen LogP contribution in [0.1, 0.15) is 24.1 Å². The zero-order chi connectivity index (χ0) is 16.8. The van der Waals surface area contributed by atoms with Crippen LogP contribution in [0.5, 0.6) is 0 Å². The van der Waals surface area contributed by atoms with Crippen molar-refractivity contribution in [2.45, 2.75) is 32.4 Å². The zero-order valence-electron chi connectivity index (χ0n) is 14.6. The SMILES string of the molecule is CN=C(NCc1coc(-c2ccc(C)cc2)n1)NC1CCCSC1.I. The summed E-state index contributed by atoms with van der Waals surface area (Å²) in [4.78, 5) is 8.85. The molecule has 1 atom stereocenters. The van der Waals surface area contributed by atoms with Crippen molar-refractivity contribution in [1.82, 2.24) is 15.6 Å². The van der Waals surface area contributed by atoms with Crippen molar-refractivity contribution in [3.05, 3.63) is 41.8 Å². The number of aryl methyl sites for hydroxylation is 1. The van der Waals surface area contributed by atoms with Crippen LogP contribution in [0, 0.1) is 6.92 Å². The summed E-state index contributed by atoms with van der Waals surface area (Å²) in [7, 11) is 1.80. The van der Waals surface area contributed by atoms with Gasteiger partial charge in [-0.25, -0.2) is 4.98 Å². The Bertz CT molecular complexity index is 681. The van der Waals surface area contributed by atoms with E-state index < -0.39 is 0 Å². The highest BCUT2D eigenvalue weighted by Gasteiger charge is 2.15. The molecule has 5 nitrogen and oxygen atoms in total. The summed E-state index contributed by atoms with van der Waals surface area (Å²) in [6, 6.07) is 8.67. The molecule has 1 fully saturated rings. The van der Waals surface area contributed by atoms with Crippen molar-refractivity contribution in [2.75, 3.05) is 18.6 Å². The van der Waals surface area contributed by atoms with Gasteiger partial charge >= 0.3 is 0 Å². The maximum atomic E-state index is 5.59. The second kappa shape index (κ2) is 10.1. The number of nitrogens with one attached hydrogen (secondary N) is 2. The molecule has 1 saturated heterocycles. The zero-order valence-corrected chi connectivity index (χ0v) is 17.8. The Balaban J connectivity index is 0.00000225. The first-order valence-corrected chi connectivity index (χ1v) is 9.46. The van der Waals surface area contributed by atoms with E-state index in [1.807, 2.05) is 23.9 Å². The molecule has 1 unspecified atom stereocenters. The van der Waals surface area contributed by atoms with Gasteiger partial charge in [-0.1, -0.05) is 17.7 Å². The van der Waals surface area contributed by atoms with E-state index in [1.165, 1.54) is 24.2 Å². The van der Waals surface area contributed by atoms with Crippen LogP contribution in [-0.2, 0) is 6.54 Å². The van der Waals surface area contributed by atoms with E-state index in [0.29, 0.717) is 18.5 Å². The van der Waals surface area contributed by atoms with Gasteiger partial charge in [0.2, 0.25) is 5.89 Å². The smallest absolute Gasteiger partial charge is 0.226 e. The predicted molar refractivity (Wildman–Crippen MR) is 116 cm³/mol. The van der Waals surface area contributed by atoms with E-state index in [2.05, 4.69) is 39.7 Å². The summed E-state index contributed by atoms with van der Waals surface area (Å²) in [6.07, 6.45) is 4.17. The molecule has 1 aliphatic heterocycles. The summed E-state index contributed by atoms with van der Waals surface area (Å²) >= 11 is 2.00. The van der Waals surface area contributed by atoms with Gasteiger partial charge in [0.05, 0.1) is 12.2 Å². The molecular formula is C18H25IN4OS. The number of aromatic nitrogens is 1. The molecule has 1 aromatic heterocycles. The van der Waals surface area contributed by atoms with E-state index in [0.717, 1.165) is 23.0 Å². The maximum absolute atomic E-state index is 5.59. The lowest BCUT2D eigenvalue weighted by molar-refractivity contribution is 0.570. The van der Waals surface area contributed by atoms with E-state index >= 15 is 0 Å². The normalized spacial score (nSPS) is 17.7. The van der Waals surface area contributed by atoms with Crippen LogP contribution in [0.3, 0.4) is 0 Å². The van der Waals surface area contributed by atoms with Crippen molar-refractivity contribution >= 4 is 41.7 Å². The molecule has 2 N–H and O–H groups in total. The Labute approximate surface area is 170 Å². The number of guanidine groups is 1. The number of benzene rings is 1. The van der Waals surface area contributed by atoms with Crippen LogP contribution in [0.2, 0.25) is 0 Å². The Kier molecular flexibility index (Phi) is 8.08. The first-order valence-electron chi connectivity index (χ1n) is 8.31.